The van der Waals surface area contributed by atoms with Crippen LogP contribution in [0.4, 0.5) is 15.8 Å². The first kappa shape index (κ1) is 11.7. The summed E-state index contributed by atoms with van der Waals surface area (Å²) in [5.74, 6) is -0.766. The number of aromatic carboxylic acids is 1. The normalized spacial score (nSPS) is 22.2. The van der Waals surface area contributed by atoms with E-state index in [1.807, 2.05) is 0 Å². The first-order valence-electron chi connectivity index (χ1n) is 5.55. The highest BCUT2D eigenvalue weighted by Crippen LogP contribution is 2.38. The van der Waals surface area contributed by atoms with Crippen molar-refractivity contribution in [3.63, 3.8) is 0 Å². The van der Waals surface area contributed by atoms with E-state index < -0.39 is 17.3 Å². The van der Waals surface area contributed by atoms with E-state index in [9.17, 15) is 9.18 Å². The Balaban J connectivity index is 2.12. The van der Waals surface area contributed by atoms with Gasteiger partial charge in [0.15, 0.2) is 0 Å². The van der Waals surface area contributed by atoms with Crippen LogP contribution >= 0.6 is 0 Å². The molecule has 92 valence electrons. The summed E-state index contributed by atoms with van der Waals surface area (Å²) in [7, 11) is 0. The van der Waals surface area contributed by atoms with Gasteiger partial charge in [0.05, 0.1) is 16.9 Å². The lowest BCUT2D eigenvalue weighted by molar-refractivity contribution is 0.0692. The van der Waals surface area contributed by atoms with Crippen LogP contribution in [0.5, 0.6) is 0 Å². The van der Waals surface area contributed by atoms with Gasteiger partial charge in [-0.15, -0.1) is 0 Å². The lowest BCUT2D eigenvalue weighted by Crippen LogP contribution is -2.09. The van der Waals surface area contributed by atoms with Crippen LogP contribution in [0.2, 0.25) is 0 Å². The van der Waals surface area contributed by atoms with Crippen LogP contribution in [0.25, 0.3) is 0 Å². The fourth-order valence-electron chi connectivity index (χ4n) is 1.83. The molecule has 0 amide bonds. The molecule has 1 aromatic rings. The van der Waals surface area contributed by atoms with Crippen molar-refractivity contribution in [3.05, 3.63) is 23.5 Å². The molecule has 17 heavy (non-hydrogen) atoms. The van der Waals surface area contributed by atoms with Crippen LogP contribution in [0.15, 0.2) is 12.1 Å². The van der Waals surface area contributed by atoms with Gasteiger partial charge in [-0.3, -0.25) is 0 Å². The van der Waals surface area contributed by atoms with E-state index in [-0.39, 0.29) is 5.69 Å². The molecule has 2 rings (SSSR count). The Morgan fingerprint density at radius 3 is 2.82 bits per heavy atom. The summed E-state index contributed by atoms with van der Waals surface area (Å²) in [6.07, 6.45) is 1.17. The highest BCUT2D eigenvalue weighted by Gasteiger charge is 2.32. The minimum absolute atomic E-state index is 0.261. The van der Waals surface area contributed by atoms with Gasteiger partial charge in [0.2, 0.25) is 0 Å². The van der Waals surface area contributed by atoms with Crippen LogP contribution in [0, 0.1) is 17.7 Å². The molecule has 1 saturated carbocycles. The van der Waals surface area contributed by atoms with Crippen molar-refractivity contribution in [3.8, 4) is 0 Å². The molecular weight excluding hydrogens is 223 g/mol. The third-order valence-corrected chi connectivity index (χ3v) is 3.20. The molecule has 4 N–H and O–H groups in total. The molecular formula is C12H15FN2O2. The average molecular weight is 238 g/mol. The van der Waals surface area contributed by atoms with Crippen molar-refractivity contribution in [2.75, 3.05) is 17.6 Å². The van der Waals surface area contributed by atoms with Crippen LogP contribution in [0.3, 0.4) is 0 Å². The zero-order valence-electron chi connectivity index (χ0n) is 9.53. The minimum atomic E-state index is -1.31. The number of rotatable bonds is 4. The van der Waals surface area contributed by atoms with Crippen molar-refractivity contribution < 1.29 is 14.3 Å². The number of anilines is 2. The van der Waals surface area contributed by atoms with Crippen molar-refractivity contribution >= 4 is 17.3 Å². The Bertz CT molecular complexity index is 462. The molecule has 1 aliphatic rings. The molecule has 0 radical (unpaired) electrons. The summed E-state index contributed by atoms with van der Waals surface area (Å²) in [6, 6.07) is 2.29. The number of nitrogens with two attached hydrogens (primary N) is 1. The van der Waals surface area contributed by atoms with Crippen LogP contribution in [-0.2, 0) is 0 Å². The Morgan fingerprint density at radius 2 is 2.29 bits per heavy atom. The van der Waals surface area contributed by atoms with Crippen molar-refractivity contribution in [2.45, 2.75) is 13.3 Å². The molecule has 0 bridgehead atoms. The van der Waals surface area contributed by atoms with Gasteiger partial charge in [0, 0.05) is 6.54 Å². The predicted molar refractivity (Wildman–Crippen MR) is 63.5 cm³/mol. The van der Waals surface area contributed by atoms with Crippen molar-refractivity contribution in [1.29, 1.82) is 0 Å². The Kier molecular flexibility index (Phi) is 2.92. The molecule has 0 aliphatic heterocycles. The maximum Gasteiger partial charge on any atom is 0.338 e. The van der Waals surface area contributed by atoms with Crippen LogP contribution < -0.4 is 11.1 Å². The molecule has 1 aliphatic carbocycles. The zero-order chi connectivity index (χ0) is 12.6. The van der Waals surface area contributed by atoms with E-state index in [1.165, 1.54) is 6.42 Å². The number of nitrogen functional groups attached to an aromatic ring is 1. The number of carboxylic acid groups (broad SMARTS) is 1. The maximum absolute atomic E-state index is 13.4. The molecule has 0 aromatic heterocycles. The summed E-state index contributed by atoms with van der Waals surface area (Å²) < 4.78 is 13.4. The Hall–Kier alpha value is -1.78. The van der Waals surface area contributed by atoms with Gasteiger partial charge in [-0.1, -0.05) is 6.92 Å². The first-order chi connectivity index (χ1) is 7.99. The van der Waals surface area contributed by atoms with Gasteiger partial charge in [-0.2, -0.15) is 0 Å². The molecule has 0 spiro atoms. The summed E-state index contributed by atoms with van der Waals surface area (Å²) in [6.45, 7) is 2.90. The lowest BCUT2D eigenvalue weighted by atomic mass is 10.1. The summed E-state index contributed by atoms with van der Waals surface area (Å²) in [5.41, 5.74) is 6.01. The predicted octanol–water partition coefficient (Wildman–Crippen LogP) is 2.17. The zero-order valence-corrected chi connectivity index (χ0v) is 9.53. The molecule has 1 fully saturated rings. The SMILES string of the molecule is CC1CC1CNc1cc(F)c(C(=O)O)cc1N. The smallest absolute Gasteiger partial charge is 0.338 e. The number of nitrogens with one attached hydrogen (secondary N) is 1. The van der Waals surface area contributed by atoms with Gasteiger partial charge in [-0.25, -0.2) is 9.18 Å². The number of hydrogen-bond acceptors (Lipinski definition) is 3. The van der Waals surface area contributed by atoms with Crippen LogP contribution in [-0.4, -0.2) is 17.6 Å². The highest BCUT2D eigenvalue weighted by atomic mass is 19.1. The molecule has 2 atom stereocenters. The van der Waals surface area contributed by atoms with Crippen molar-refractivity contribution in [1.82, 2.24) is 0 Å². The first-order valence-corrected chi connectivity index (χ1v) is 5.55. The number of halogens is 1. The van der Waals surface area contributed by atoms with Crippen molar-refractivity contribution in [2.24, 2.45) is 11.8 Å². The molecule has 1 aromatic carbocycles. The molecule has 2 unspecified atom stereocenters. The summed E-state index contributed by atoms with van der Waals surface area (Å²) in [4.78, 5) is 10.7. The monoisotopic (exact) mass is 238 g/mol. The van der Waals surface area contributed by atoms with E-state index in [4.69, 9.17) is 10.8 Å². The van der Waals surface area contributed by atoms with E-state index in [2.05, 4.69) is 12.2 Å². The molecule has 0 saturated heterocycles. The summed E-state index contributed by atoms with van der Waals surface area (Å²) in [5, 5.41) is 11.8. The van der Waals surface area contributed by atoms with E-state index in [0.29, 0.717) is 17.5 Å². The number of carbonyl (C=O) groups is 1. The number of benzene rings is 1. The molecule has 0 heterocycles. The standard InChI is InChI=1S/C12H15FN2O2/c1-6-2-7(6)5-15-11-4-9(13)8(12(16)17)3-10(11)14/h3-4,6-7,15H,2,5,14H2,1H3,(H,16,17). The highest BCUT2D eigenvalue weighted by molar-refractivity contribution is 5.90. The lowest BCUT2D eigenvalue weighted by Gasteiger charge is -2.10. The topological polar surface area (TPSA) is 75.3 Å². The minimum Gasteiger partial charge on any atom is -0.478 e. The van der Waals surface area contributed by atoms with Gasteiger partial charge in [-0.05, 0) is 30.4 Å². The fraction of sp³-hybridized carbons (Fsp3) is 0.417. The Morgan fingerprint density at radius 1 is 1.65 bits per heavy atom. The van der Waals surface area contributed by atoms with E-state index >= 15 is 0 Å². The molecule has 5 heteroatoms. The second kappa shape index (κ2) is 4.24. The number of hydrogen-bond donors (Lipinski definition) is 3. The summed E-state index contributed by atoms with van der Waals surface area (Å²) >= 11 is 0. The quantitative estimate of drug-likeness (QED) is 0.703. The second-order valence-corrected chi connectivity index (χ2v) is 4.58. The van der Waals surface area contributed by atoms with Gasteiger partial charge in [0.25, 0.3) is 0 Å². The molecule has 4 nitrogen and oxygen atoms in total. The van der Waals surface area contributed by atoms with E-state index in [1.54, 1.807) is 0 Å². The second-order valence-electron chi connectivity index (χ2n) is 4.58. The Labute approximate surface area is 98.6 Å². The number of carboxylic acids is 1. The largest absolute Gasteiger partial charge is 0.478 e. The van der Waals surface area contributed by atoms with Gasteiger partial charge in [0.1, 0.15) is 5.82 Å². The van der Waals surface area contributed by atoms with Crippen LogP contribution in [0.1, 0.15) is 23.7 Å². The van der Waals surface area contributed by atoms with Gasteiger partial charge >= 0.3 is 5.97 Å². The fourth-order valence-corrected chi connectivity index (χ4v) is 1.83. The maximum atomic E-state index is 13.4. The van der Waals surface area contributed by atoms with E-state index in [0.717, 1.165) is 18.7 Å². The van der Waals surface area contributed by atoms with Gasteiger partial charge < -0.3 is 16.2 Å². The third kappa shape index (κ3) is 2.49. The third-order valence-electron chi connectivity index (χ3n) is 3.20. The average Bonchev–Trinajstić information content (AvgIpc) is 2.95.